The van der Waals surface area contributed by atoms with Gasteiger partial charge in [-0.25, -0.2) is 8.42 Å². The molecule has 0 fully saturated rings. The molecule has 1 N–H and O–H groups in total. The quantitative estimate of drug-likeness (QED) is 0.376. The summed E-state index contributed by atoms with van der Waals surface area (Å²) in [7, 11) is -2.84. The topological polar surface area (TPSA) is 119 Å². The highest BCUT2D eigenvalue weighted by Crippen LogP contribution is 2.32. The molecule has 0 aliphatic rings. The third-order valence-corrected chi connectivity index (χ3v) is 7.09. The average molecular weight is 484 g/mol. The monoisotopic (exact) mass is 483 g/mol. The second kappa shape index (κ2) is 9.92. The number of hydrogen-bond donors (Lipinski definition) is 1. The van der Waals surface area contributed by atoms with Gasteiger partial charge in [-0.05, 0) is 67.8 Å². The van der Waals surface area contributed by atoms with Gasteiger partial charge in [-0.1, -0.05) is 18.2 Å². The third-order valence-electron chi connectivity index (χ3n) is 5.29. The van der Waals surface area contributed by atoms with Crippen LogP contribution in [0.1, 0.15) is 16.7 Å². The number of carbonyl (C=O) groups excluding carboxylic acids is 1. The predicted octanol–water partition coefficient (Wildman–Crippen LogP) is 4.36. The van der Waals surface area contributed by atoms with Crippen LogP contribution in [0.15, 0.2) is 65.6 Å². The molecule has 0 unspecified atom stereocenters. The van der Waals surface area contributed by atoms with Crippen molar-refractivity contribution < 1.29 is 22.9 Å². The van der Waals surface area contributed by atoms with E-state index in [9.17, 15) is 23.3 Å². The number of rotatable bonds is 8. The van der Waals surface area contributed by atoms with Gasteiger partial charge in [-0.15, -0.1) is 0 Å². The second-order valence-electron chi connectivity index (χ2n) is 7.79. The van der Waals surface area contributed by atoms with Gasteiger partial charge >= 0.3 is 0 Å². The van der Waals surface area contributed by atoms with Crippen LogP contribution < -0.4 is 14.4 Å². The second-order valence-corrected chi connectivity index (χ2v) is 9.62. The lowest BCUT2D eigenvalue weighted by Gasteiger charge is -2.25. The zero-order valence-electron chi connectivity index (χ0n) is 19.2. The predicted molar refractivity (Wildman–Crippen MR) is 130 cm³/mol. The molecule has 3 aromatic rings. The van der Waals surface area contributed by atoms with Gasteiger partial charge in [0.15, 0.2) is 0 Å². The van der Waals surface area contributed by atoms with Crippen molar-refractivity contribution in [1.29, 1.82) is 0 Å². The molecule has 0 saturated carbocycles. The van der Waals surface area contributed by atoms with Gasteiger partial charge in [-0.3, -0.25) is 19.2 Å². The lowest BCUT2D eigenvalue weighted by atomic mass is 10.1. The molecule has 0 aromatic heterocycles. The number of ether oxygens (including phenoxy) is 1. The lowest BCUT2D eigenvalue weighted by molar-refractivity contribution is -0.384. The zero-order chi connectivity index (χ0) is 25.0. The van der Waals surface area contributed by atoms with Gasteiger partial charge in [0.05, 0.1) is 17.7 Å². The fourth-order valence-corrected chi connectivity index (χ4v) is 4.98. The van der Waals surface area contributed by atoms with Crippen LogP contribution in [0.5, 0.6) is 5.75 Å². The molecule has 34 heavy (non-hydrogen) atoms. The summed E-state index contributed by atoms with van der Waals surface area (Å²) in [6.45, 7) is 4.95. The van der Waals surface area contributed by atoms with Gasteiger partial charge in [0.25, 0.3) is 15.7 Å². The molecule has 0 aliphatic heterocycles. The van der Waals surface area contributed by atoms with E-state index in [2.05, 4.69) is 5.32 Å². The molecule has 0 heterocycles. The van der Waals surface area contributed by atoms with Crippen LogP contribution in [-0.4, -0.2) is 32.9 Å². The van der Waals surface area contributed by atoms with E-state index in [0.717, 1.165) is 15.4 Å². The molecule has 1 amide bonds. The van der Waals surface area contributed by atoms with Gasteiger partial charge < -0.3 is 10.1 Å². The largest absolute Gasteiger partial charge is 0.495 e. The number of nitro benzene ring substituents is 1. The molecule has 0 aliphatic carbocycles. The summed E-state index contributed by atoms with van der Waals surface area (Å²) >= 11 is 0. The highest BCUT2D eigenvalue weighted by Gasteiger charge is 2.30. The number of anilines is 2. The number of benzene rings is 3. The van der Waals surface area contributed by atoms with E-state index < -0.39 is 27.4 Å². The summed E-state index contributed by atoms with van der Waals surface area (Å²) < 4.78 is 33.8. The number of amides is 1. The minimum Gasteiger partial charge on any atom is -0.495 e. The maximum atomic E-state index is 13.8. The fraction of sp³-hybridized carbons (Fsp3) is 0.208. The van der Waals surface area contributed by atoms with E-state index in [4.69, 9.17) is 4.74 Å². The highest BCUT2D eigenvalue weighted by molar-refractivity contribution is 7.93. The molecule has 9 nitrogen and oxygen atoms in total. The van der Waals surface area contributed by atoms with Crippen LogP contribution in [0.4, 0.5) is 17.1 Å². The highest BCUT2D eigenvalue weighted by atomic mass is 32.2. The summed E-state index contributed by atoms with van der Waals surface area (Å²) in [6, 6.07) is 15.3. The maximum Gasteiger partial charge on any atom is 0.271 e. The molecule has 3 rings (SSSR count). The van der Waals surface area contributed by atoms with Crippen molar-refractivity contribution in [2.45, 2.75) is 25.7 Å². The van der Waals surface area contributed by atoms with Gasteiger partial charge in [0, 0.05) is 17.8 Å². The van der Waals surface area contributed by atoms with Crippen molar-refractivity contribution in [2.75, 3.05) is 23.3 Å². The summed E-state index contributed by atoms with van der Waals surface area (Å²) in [5.41, 5.74) is 2.83. The molecule has 0 atom stereocenters. The van der Waals surface area contributed by atoms with E-state index >= 15 is 0 Å². The number of hydrogen-bond acceptors (Lipinski definition) is 6. The molecular formula is C24H25N3O6S. The lowest BCUT2D eigenvalue weighted by Crippen LogP contribution is -2.38. The SMILES string of the molecule is COc1ccc(C)cc1S(=O)(=O)N(CC(=O)Nc1cccc([N+](=O)[O-])c1)c1ccc(C)c(C)c1. The summed E-state index contributed by atoms with van der Waals surface area (Å²) in [5, 5.41) is 13.6. The van der Waals surface area contributed by atoms with Crippen LogP contribution in [0.3, 0.4) is 0 Å². The Morgan fingerprint density at radius 1 is 1.03 bits per heavy atom. The Bertz CT molecular complexity index is 1350. The molecular weight excluding hydrogens is 458 g/mol. The molecule has 3 aromatic carbocycles. The first-order valence-corrected chi connectivity index (χ1v) is 11.8. The van der Waals surface area contributed by atoms with Gasteiger partial charge in [0.1, 0.15) is 17.2 Å². The number of aryl methyl sites for hydroxylation is 3. The van der Waals surface area contributed by atoms with Crippen molar-refractivity contribution in [3.63, 3.8) is 0 Å². The maximum absolute atomic E-state index is 13.8. The Labute approximate surface area is 198 Å². The Morgan fingerprint density at radius 3 is 2.41 bits per heavy atom. The van der Waals surface area contributed by atoms with Crippen LogP contribution in [0.2, 0.25) is 0 Å². The minimum absolute atomic E-state index is 0.0728. The first-order chi connectivity index (χ1) is 16.0. The van der Waals surface area contributed by atoms with Crippen molar-refractivity contribution in [2.24, 2.45) is 0 Å². The zero-order valence-corrected chi connectivity index (χ0v) is 20.0. The van der Waals surface area contributed by atoms with Crippen LogP contribution >= 0.6 is 0 Å². The van der Waals surface area contributed by atoms with Gasteiger partial charge in [-0.2, -0.15) is 0 Å². The van der Waals surface area contributed by atoms with Crippen molar-refractivity contribution >= 4 is 33.0 Å². The normalized spacial score (nSPS) is 11.1. The Kier molecular flexibility index (Phi) is 7.21. The van der Waals surface area contributed by atoms with Crippen molar-refractivity contribution in [3.05, 3.63) is 87.5 Å². The Morgan fingerprint density at radius 2 is 1.76 bits per heavy atom. The minimum atomic E-state index is -4.22. The van der Waals surface area contributed by atoms with Crippen LogP contribution in [-0.2, 0) is 14.8 Å². The Balaban J connectivity index is 2.03. The standard InChI is InChI=1S/C24H25N3O6S/c1-16-8-11-22(33-4)23(12-16)34(31,32)26(20-10-9-17(2)18(3)13-20)15-24(28)25-19-6-5-7-21(14-19)27(29)30/h5-14H,15H2,1-4H3,(H,25,28). The first-order valence-electron chi connectivity index (χ1n) is 10.3. The van der Waals surface area contributed by atoms with E-state index in [1.165, 1.54) is 37.4 Å². The van der Waals surface area contributed by atoms with Crippen molar-refractivity contribution in [1.82, 2.24) is 0 Å². The van der Waals surface area contributed by atoms with E-state index in [0.29, 0.717) is 11.3 Å². The molecule has 0 spiro atoms. The van der Waals surface area contributed by atoms with Crippen molar-refractivity contribution in [3.8, 4) is 5.75 Å². The summed E-state index contributed by atoms with van der Waals surface area (Å²) in [6.07, 6.45) is 0. The third kappa shape index (κ3) is 5.34. The molecule has 0 bridgehead atoms. The molecule has 10 heteroatoms. The Hall–Kier alpha value is -3.92. The number of nitrogens with one attached hydrogen (secondary N) is 1. The van der Waals surface area contributed by atoms with Crippen LogP contribution in [0.25, 0.3) is 0 Å². The summed E-state index contributed by atoms with van der Waals surface area (Å²) in [4.78, 5) is 23.3. The van der Waals surface area contributed by atoms with E-state index in [1.807, 2.05) is 13.8 Å². The summed E-state index contributed by atoms with van der Waals surface area (Å²) in [5.74, 6) is -0.507. The number of sulfonamides is 1. The van der Waals surface area contributed by atoms with E-state index in [-0.39, 0.29) is 22.0 Å². The van der Waals surface area contributed by atoms with E-state index in [1.54, 1.807) is 37.3 Å². The molecule has 178 valence electrons. The number of non-ortho nitro benzene ring substituents is 1. The van der Waals surface area contributed by atoms with Crippen LogP contribution in [0, 0.1) is 30.9 Å². The fourth-order valence-electron chi connectivity index (χ4n) is 3.33. The number of carbonyl (C=O) groups is 1. The first kappa shape index (κ1) is 24.7. The number of nitro groups is 1. The number of nitrogens with zero attached hydrogens (tertiary/aromatic N) is 2. The molecule has 0 saturated heterocycles. The number of methoxy groups -OCH3 is 1. The molecule has 0 radical (unpaired) electrons. The smallest absolute Gasteiger partial charge is 0.271 e. The van der Waals surface area contributed by atoms with Gasteiger partial charge in [0.2, 0.25) is 5.91 Å². The average Bonchev–Trinajstić information content (AvgIpc) is 2.79.